The molecule has 0 spiro atoms. The second-order valence-electron chi connectivity index (χ2n) is 6.89. The van der Waals surface area contributed by atoms with E-state index in [1.54, 1.807) is 7.05 Å². The van der Waals surface area contributed by atoms with Crippen molar-refractivity contribution in [2.75, 3.05) is 20.2 Å². The number of guanidine groups is 1. The van der Waals surface area contributed by atoms with Crippen LogP contribution in [-0.4, -0.2) is 42.0 Å². The van der Waals surface area contributed by atoms with E-state index < -0.39 is 11.7 Å². The summed E-state index contributed by atoms with van der Waals surface area (Å²) in [7, 11) is 3.61. The van der Waals surface area contributed by atoms with Crippen molar-refractivity contribution in [1.82, 2.24) is 20.4 Å². The molecular weight excluding hydrogens is 510 g/mol. The van der Waals surface area contributed by atoms with Crippen molar-refractivity contribution < 1.29 is 17.9 Å². The number of ether oxygens (including phenoxy) is 1. The minimum Gasteiger partial charge on any atom is -0.492 e. The molecule has 0 radical (unpaired) electrons. The van der Waals surface area contributed by atoms with Crippen molar-refractivity contribution in [3.63, 3.8) is 0 Å². The number of rotatable bonds is 7. The van der Waals surface area contributed by atoms with Gasteiger partial charge < -0.3 is 15.4 Å². The van der Waals surface area contributed by atoms with E-state index in [1.807, 2.05) is 25.6 Å². The molecule has 2 rings (SSSR count). The van der Waals surface area contributed by atoms with Crippen molar-refractivity contribution >= 4 is 29.9 Å². The highest BCUT2D eigenvalue weighted by atomic mass is 127. The van der Waals surface area contributed by atoms with Crippen LogP contribution in [0.15, 0.2) is 29.3 Å². The number of hydrogen-bond acceptors (Lipinski definition) is 3. The average molecular weight is 539 g/mol. The zero-order valence-corrected chi connectivity index (χ0v) is 20.1. The Morgan fingerprint density at radius 1 is 1.23 bits per heavy atom. The van der Waals surface area contributed by atoms with E-state index in [9.17, 15) is 13.2 Å². The van der Waals surface area contributed by atoms with Crippen molar-refractivity contribution in [3.8, 4) is 5.75 Å². The molecule has 30 heavy (non-hydrogen) atoms. The molecule has 0 fully saturated rings. The maximum Gasteiger partial charge on any atom is 0.416 e. The molecule has 1 aromatic carbocycles. The van der Waals surface area contributed by atoms with Gasteiger partial charge in [-0.1, -0.05) is 0 Å². The smallest absolute Gasteiger partial charge is 0.416 e. The summed E-state index contributed by atoms with van der Waals surface area (Å²) >= 11 is 0. The van der Waals surface area contributed by atoms with Gasteiger partial charge in [0.05, 0.1) is 17.8 Å². The molecule has 0 aliphatic rings. The van der Waals surface area contributed by atoms with Gasteiger partial charge in [-0.05, 0) is 57.0 Å². The Hall–Kier alpha value is -1.98. The van der Waals surface area contributed by atoms with Crippen molar-refractivity contribution in [2.24, 2.45) is 12.0 Å². The molecule has 168 valence electrons. The van der Waals surface area contributed by atoms with Gasteiger partial charge in [-0.15, -0.1) is 24.0 Å². The largest absolute Gasteiger partial charge is 0.492 e. The zero-order valence-electron chi connectivity index (χ0n) is 17.8. The van der Waals surface area contributed by atoms with Crippen LogP contribution in [0.5, 0.6) is 5.75 Å². The lowest BCUT2D eigenvalue weighted by atomic mass is 10.1. The second kappa shape index (κ2) is 11.4. The number of aromatic nitrogens is 2. The molecule has 2 aromatic rings. The number of alkyl halides is 3. The fourth-order valence-electron chi connectivity index (χ4n) is 2.98. The highest BCUT2D eigenvalue weighted by Crippen LogP contribution is 2.30. The molecule has 1 atom stereocenters. The van der Waals surface area contributed by atoms with Crippen LogP contribution in [0.3, 0.4) is 0 Å². The molecule has 1 aromatic heterocycles. The average Bonchev–Trinajstić information content (AvgIpc) is 2.90. The summed E-state index contributed by atoms with van der Waals surface area (Å²) in [6, 6.07) is 4.78. The molecule has 2 N–H and O–H groups in total. The normalized spacial score (nSPS) is 12.9. The molecule has 0 saturated carbocycles. The monoisotopic (exact) mass is 539 g/mol. The predicted octanol–water partition coefficient (Wildman–Crippen LogP) is 3.85. The number of nitrogens with zero attached hydrogens (tertiary/aromatic N) is 3. The number of aryl methyl sites for hydroxylation is 2. The van der Waals surface area contributed by atoms with Gasteiger partial charge in [0.15, 0.2) is 5.96 Å². The standard InChI is InChI=1S/C20H28F3N5O.HI/c1-13(12-18-14(2)27-28(5)15(18)3)26-19(24-4)25-10-11-29-17-8-6-16(7-9-17)20(21,22)23;/h6-9,13H,10-12H2,1-5H3,(H2,24,25,26);1H. The van der Waals surface area contributed by atoms with Crippen LogP contribution in [0.25, 0.3) is 0 Å². The van der Waals surface area contributed by atoms with Crippen molar-refractivity contribution in [1.29, 1.82) is 0 Å². The first-order valence-electron chi connectivity index (χ1n) is 9.38. The van der Waals surface area contributed by atoms with E-state index in [2.05, 4.69) is 27.6 Å². The first-order valence-corrected chi connectivity index (χ1v) is 9.38. The molecular formula is C20H29F3IN5O. The van der Waals surface area contributed by atoms with Gasteiger partial charge >= 0.3 is 6.18 Å². The Morgan fingerprint density at radius 3 is 2.37 bits per heavy atom. The van der Waals surface area contributed by atoms with Gasteiger partial charge in [-0.25, -0.2) is 0 Å². The summed E-state index contributed by atoms with van der Waals surface area (Å²) in [4.78, 5) is 4.20. The molecule has 0 aliphatic carbocycles. The highest BCUT2D eigenvalue weighted by Gasteiger charge is 2.30. The first-order chi connectivity index (χ1) is 13.6. The lowest BCUT2D eigenvalue weighted by Gasteiger charge is -2.18. The fourth-order valence-corrected chi connectivity index (χ4v) is 2.98. The predicted molar refractivity (Wildman–Crippen MR) is 123 cm³/mol. The number of hydrogen-bond donors (Lipinski definition) is 2. The Kier molecular flexibility index (Phi) is 9.92. The second-order valence-corrected chi connectivity index (χ2v) is 6.89. The van der Waals surface area contributed by atoms with Crippen LogP contribution in [0.4, 0.5) is 13.2 Å². The van der Waals surface area contributed by atoms with Crippen LogP contribution in [0, 0.1) is 13.8 Å². The van der Waals surface area contributed by atoms with E-state index in [4.69, 9.17) is 4.74 Å². The topological polar surface area (TPSA) is 63.5 Å². The van der Waals surface area contributed by atoms with Crippen LogP contribution >= 0.6 is 24.0 Å². The Labute approximate surface area is 192 Å². The van der Waals surface area contributed by atoms with E-state index in [0.29, 0.717) is 24.9 Å². The van der Waals surface area contributed by atoms with Crippen molar-refractivity contribution in [2.45, 2.75) is 39.4 Å². The third-order valence-electron chi connectivity index (χ3n) is 4.62. The third-order valence-corrected chi connectivity index (χ3v) is 4.62. The van der Waals surface area contributed by atoms with Crippen LogP contribution in [0.2, 0.25) is 0 Å². The summed E-state index contributed by atoms with van der Waals surface area (Å²) in [5, 5.41) is 10.9. The maximum absolute atomic E-state index is 12.6. The quantitative estimate of drug-likeness (QED) is 0.243. The molecule has 1 heterocycles. The highest BCUT2D eigenvalue weighted by molar-refractivity contribution is 14.0. The van der Waals surface area contributed by atoms with E-state index in [-0.39, 0.29) is 30.0 Å². The van der Waals surface area contributed by atoms with Crippen LogP contribution < -0.4 is 15.4 Å². The molecule has 0 saturated heterocycles. The summed E-state index contributed by atoms with van der Waals surface area (Å²) in [6.07, 6.45) is -3.53. The summed E-state index contributed by atoms with van der Waals surface area (Å²) in [6.45, 7) is 6.87. The van der Waals surface area contributed by atoms with Gasteiger partial charge in [-0.3, -0.25) is 9.67 Å². The summed E-state index contributed by atoms with van der Waals surface area (Å²) < 4.78 is 45.1. The van der Waals surface area contributed by atoms with Gasteiger partial charge in [0, 0.05) is 25.8 Å². The molecule has 10 heteroatoms. The molecule has 0 bridgehead atoms. The summed E-state index contributed by atoms with van der Waals surface area (Å²) in [5.41, 5.74) is 2.69. The Balaban J connectivity index is 0.00000450. The molecule has 0 amide bonds. The molecule has 6 nitrogen and oxygen atoms in total. The van der Waals surface area contributed by atoms with E-state index >= 15 is 0 Å². The minimum atomic E-state index is -4.35. The van der Waals surface area contributed by atoms with E-state index in [0.717, 1.165) is 29.9 Å². The third kappa shape index (κ3) is 7.37. The maximum atomic E-state index is 12.6. The molecule has 0 aliphatic heterocycles. The van der Waals surface area contributed by atoms with Crippen LogP contribution in [-0.2, 0) is 19.6 Å². The van der Waals surface area contributed by atoms with E-state index in [1.165, 1.54) is 17.7 Å². The number of nitrogens with one attached hydrogen (secondary N) is 2. The lowest BCUT2D eigenvalue weighted by Crippen LogP contribution is -2.44. The lowest BCUT2D eigenvalue weighted by molar-refractivity contribution is -0.137. The van der Waals surface area contributed by atoms with Crippen molar-refractivity contribution in [3.05, 3.63) is 46.8 Å². The summed E-state index contributed by atoms with van der Waals surface area (Å²) in [5.74, 6) is 1.02. The fraction of sp³-hybridized carbons (Fsp3) is 0.500. The zero-order chi connectivity index (χ0) is 21.6. The Morgan fingerprint density at radius 2 is 1.87 bits per heavy atom. The Bertz CT molecular complexity index is 834. The van der Waals surface area contributed by atoms with Gasteiger partial charge in [0.25, 0.3) is 0 Å². The van der Waals surface area contributed by atoms with Gasteiger partial charge in [0.1, 0.15) is 12.4 Å². The van der Waals surface area contributed by atoms with Gasteiger partial charge in [0.2, 0.25) is 0 Å². The van der Waals surface area contributed by atoms with Crippen LogP contribution in [0.1, 0.15) is 29.4 Å². The number of aliphatic imine (C=N–C) groups is 1. The number of benzene rings is 1. The minimum absolute atomic E-state index is 0. The number of halogens is 4. The first kappa shape index (κ1) is 26.1. The van der Waals surface area contributed by atoms with Gasteiger partial charge in [-0.2, -0.15) is 18.3 Å². The SMILES string of the molecule is CN=C(NCCOc1ccc(C(F)(F)F)cc1)NC(C)Cc1c(C)nn(C)c1C.I. The molecule has 1 unspecified atom stereocenters.